The third-order valence-corrected chi connectivity index (χ3v) is 11.2. The summed E-state index contributed by atoms with van der Waals surface area (Å²) in [6, 6.07) is 6.16. The zero-order chi connectivity index (χ0) is 28.7. The van der Waals surface area contributed by atoms with Gasteiger partial charge in [-0.3, -0.25) is 8.98 Å². The van der Waals surface area contributed by atoms with Crippen LogP contribution in [0, 0.1) is 40.9 Å². The van der Waals surface area contributed by atoms with E-state index in [0.29, 0.717) is 12.8 Å². The van der Waals surface area contributed by atoms with Crippen molar-refractivity contribution in [2.24, 2.45) is 34.0 Å². The highest BCUT2D eigenvalue weighted by Crippen LogP contribution is 2.65. The van der Waals surface area contributed by atoms with Crippen LogP contribution in [-0.4, -0.2) is 44.1 Å². The van der Waals surface area contributed by atoms with Crippen LogP contribution in [0.2, 0.25) is 0 Å². The van der Waals surface area contributed by atoms with E-state index in [9.17, 15) is 23.1 Å². The SMILES string of the molecule is C=CC(C)(C)[C@@H](O)[C@H](C)[C@]12CCC(=O)[C@H]1[C@](C)([C@@H](C)OC(=O)COS(=O)(=O)c1ccc(C)cc1)[C@H](C)CC2. The zero-order valence-corrected chi connectivity index (χ0v) is 24.6. The van der Waals surface area contributed by atoms with Crippen LogP contribution in [0.4, 0.5) is 0 Å². The number of aliphatic hydroxyl groups excluding tert-OH is 1. The smallest absolute Gasteiger partial charge is 0.333 e. The summed E-state index contributed by atoms with van der Waals surface area (Å²) in [7, 11) is -4.12. The number of fused-ring (bicyclic) bond motifs is 1. The third-order valence-electron chi connectivity index (χ3n) is 9.95. The molecular formula is C30H44O7S. The summed E-state index contributed by atoms with van der Waals surface area (Å²) in [6.07, 6.45) is 3.15. The number of carbonyl (C=O) groups excluding carboxylic acids is 2. The van der Waals surface area contributed by atoms with Crippen LogP contribution in [0.1, 0.15) is 72.8 Å². The largest absolute Gasteiger partial charge is 0.460 e. The van der Waals surface area contributed by atoms with Gasteiger partial charge in [-0.15, -0.1) is 6.58 Å². The van der Waals surface area contributed by atoms with Crippen LogP contribution in [0.3, 0.4) is 0 Å². The molecule has 0 radical (unpaired) electrons. The van der Waals surface area contributed by atoms with Crippen molar-refractivity contribution >= 4 is 21.9 Å². The Hall–Kier alpha value is -2.03. The first-order valence-corrected chi connectivity index (χ1v) is 14.9. The second-order valence-corrected chi connectivity index (χ2v) is 14.0. The topological polar surface area (TPSA) is 107 Å². The Bertz CT molecular complexity index is 1160. The lowest BCUT2D eigenvalue weighted by Gasteiger charge is -2.58. The summed E-state index contributed by atoms with van der Waals surface area (Å²) in [4.78, 5) is 26.3. The van der Waals surface area contributed by atoms with Gasteiger partial charge < -0.3 is 9.84 Å². The molecule has 0 amide bonds. The monoisotopic (exact) mass is 548 g/mol. The molecule has 1 N–H and O–H groups in total. The molecule has 2 aliphatic rings. The Labute approximate surface area is 228 Å². The lowest BCUT2D eigenvalue weighted by atomic mass is 9.47. The van der Waals surface area contributed by atoms with Crippen LogP contribution >= 0.6 is 0 Å². The van der Waals surface area contributed by atoms with Gasteiger partial charge in [-0.05, 0) is 62.5 Å². The fourth-order valence-electron chi connectivity index (χ4n) is 6.97. The summed E-state index contributed by atoms with van der Waals surface area (Å²) >= 11 is 0. The van der Waals surface area contributed by atoms with E-state index in [-0.39, 0.29) is 22.5 Å². The van der Waals surface area contributed by atoms with Gasteiger partial charge in [0.15, 0.2) is 6.61 Å². The van der Waals surface area contributed by atoms with Gasteiger partial charge in [-0.25, -0.2) is 4.79 Å². The first kappa shape index (κ1) is 30.5. The number of hydrogen-bond donors (Lipinski definition) is 1. The van der Waals surface area contributed by atoms with Crippen molar-refractivity contribution in [1.29, 1.82) is 0 Å². The van der Waals surface area contributed by atoms with Gasteiger partial charge in [0.05, 0.1) is 11.0 Å². The van der Waals surface area contributed by atoms with Gasteiger partial charge in [0.2, 0.25) is 0 Å². The van der Waals surface area contributed by atoms with Gasteiger partial charge in [0, 0.05) is 23.2 Å². The minimum absolute atomic E-state index is 0.0341. The Morgan fingerprint density at radius 1 is 1.24 bits per heavy atom. The molecule has 7 nitrogen and oxygen atoms in total. The van der Waals surface area contributed by atoms with E-state index < -0.39 is 57.1 Å². The van der Waals surface area contributed by atoms with E-state index in [1.54, 1.807) is 25.1 Å². The maximum absolute atomic E-state index is 13.5. The molecule has 0 bridgehead atoms. The first-order valence-electron chi connectivity index (χ1n) is 13.5. The average Bonchev–Trinajstić information content (AvgIpc) is 3.22. The van der Waals surface area contributed by atoms with Gasteiger partial charge in [-0.1, -0.05) is 58.4 Å². The van der Waals surface area contributed by atoms with E-state index in [2.05, 4.69) is 13.5 Å². The highest BCUT2D eigenvalue weighted by molar-refractivity contribution is 7.86. The predicted octanol–water partition coefficient (Wildman–Crippen LogP) is 5.24. The number of aryl methyl sites for hydroxylation is 1. The number of aliphatic hydroxyl groups is 1. The Morgan fingerprint density at radius 3 is 2.42 bits per heavy atom. The fraction of sp³-hybridized carbons (Fsp3) is 0.667. The molecule has 212 valence electrons. The third kappa shape index (κ3) is 5.36. The number of carbonyl (C=O) groups is 2. The van der Waals surface area contributed by atoms with Crippen LogP contribution in [-0.2, 0) is 28.6 Å². The van der Waals surface area contributed by atoms with Gasteiger partial charge in [0.25, 0.3) is 10.1 Å². The van der Waals surface area contributed by atoms with Crippen LogP contribution in [0.25, 0.3) is 0 Å². The zero-order valence-electron chi connectivity index (χ0n) is 23.8. The molecule has 38 heavy (non-hydrogen) atoms. The Kier molecular flexibility index (Phi) is 8.72. The Balaban J connectivity index is 1.82. The minimum Gasteiger partial charge on any atom is -0.460 e. The van der Waals surface area contributed by atoms with Crippen molar-refractivity contribution < 1.29 is 32.0 Å². The number of rotatable bonds is 10. The summed E-state index contributed by atoms with van der Waals surface area (Å²) in [6.45, 7) is 16.8. The first-order chi connectivity index (χ1) is 17.5. The van der Waals surface area contributed by atoms with Crippen LogP contribution in [0.15, 0.2) is 41.8 Å². The van der Waals surface area contributed by atoms with Crippen molar-refractivity contribution in [2.45, 2.75) is 91.3 Å². The molecule has 7 atom stereocenters. The van der Waals surface area contributed by atoms with E-state index in [1.165, 1.54) is 12.1 Å². The standard InChI is InChI=1S/C30H44O7S/c1-9-28(6,7)27(33)21(4)30-16-14-20(3)29(8,26(30)24(31)15-17-30)22(5)37-25(32)18-36-38(34,35)23-12-10-19(2)11-13-23/h9-13,20-22,26-27,33H,1,14-18H2,2-8H3/t20-,21+,22-,26+,27+,29+,30+/m1/s1. The lowest BCUT2D eigenvalue weighted by Crippen LogP contribution is -2.59. The molecule has 0 spiro atoms. The number of esters is 1. The molecule has 1 aromatic rings. The minimum atomic E-state index is -4.12. The van der Waals surface area contributed by atoms with Crippen molar-refractivity contribution in [2.75, 3.05) is 6.61 Å². The normalized spacial score (nSPS) is 30.3. The fourth-order valence-corrected chi connectivity index (χ4v) is 7.83. The number of ether oxygens (including phenoxy) is 1. The van der Waals surface area contributed by atoms with Crippen molar-refractivity contribution in [3.05, 3.63) is 42.5 Å². The van der Waals surface area contributed by atoms with Gasteiger partial charge >= 0.3 is 5.97 Å². The van der Waals surface area contributed by atoms with E-state index in [1.807, 2.05) is 34.6 Å². The second kappa shape index (κ2) is 10.9. The molecule has 2 fully saturated rings. The highest BCUT2D eigenvalue weighted by Gasteiger charge is 2.65. The second-order valence-electron chi connectivity index (χ2n) is 12.4. The number of benzene rings is 1. The molecule has 2 aliphatic carbocycles. The molecule has 3 rings (SSSR count). The Morgan fingerprint density at radius 2 is 1.84 bits per heavy atom. The van der Waals surface area contributed by atoms with Crippen molar-refractivity contribution in [3.8, 4) is 0 Å². The van der Waals surface area contributed by atoms with Crippen LogP contribution in [0.5, 0.6) is 0 Å². The lowest BCUT2D eigenvalue weighted by molar-refractivity contribution is -0.184. The highest BCUT2D eigenvalue weighted by atomic mass is 32.2. The molecule has 0 unspecified atom stereocenters. The molecule has 0 saturated heterocycles. The molecule has 0 aliphatic heterocycles. The summed E-state index contributed by atoms with van der Waals surface area (Å²) in [5.74, 6) is -1.17. The molecular weight excluding hydrogens is 504 g/mol. The quantitative estimate of drug-likeness (QED) is 0.242. The van der Waals surface area contributed by atoms with Crippen molar-refractivity contribution in [1.82, 2.24) is 0 Å². The van der Waals surface area contributed by atoms with Crippen molar-refractivity contribution in [3.63, 3.8) is 0 Å². The van der Waals surface area contributed by atoms with Crippen LogP contribution < -0.4 is 0 Å². The average molecular weight is 549 g/mol. The molecule has 1 aromatic carbocycles. The van der Waals surface area contributed by atoms with E-state index >= 15 is 0 Å². The van der Waals surface area contributed by atoms with E-state index in [0.717, 1.165) is 18.4 Å². The van der Waals surface area contributed by atoms with Gasteiger partial charge in [-0.2, -0.15) is 8.42 Å². The maximum Gasteiger partial charge on any atom is 0.333 e. The number of hydrogen-bond acceptors (Lipinski definition) is 7. The molecule has 2 saturated carbocycles. The maximum atomic E-state index is 13.5. The summed E-state index contributed by atoms with van der Waals surface area (Å²) < 4.78 is 35.8. The number of Topliss-reactive ketones (excluding diaryl/α,β-unsaturated/α-hetero) is 1. The molecule has 0 heterocycles. The molecule has 8 heteroatoms. The summed E-state index contributed by atoms with van der Waals surface area (Å²) in [5, 5.41) is 11.4. The van der Waals surface area contributed by atoms with E-state index in [4.69, 9.17) is 8.92 Å². The molecule has 0 aromatic heterocycles. The van der Waals surface area contributed by atoms with Gasteiger partial charge in [0.1, 0.15) is 11.9 Å². The number of ketones is 1. The predicted molar refractivity (Wildman–Crippen MR) is 146 cm³/mol. The summed E-state index contributed by atoms with van der Waals surface area (Å²) in [5.41, 5.74) is -0.741.